The Kier molecular flexibility index (Phi) is 4.11. The molecule has 1 aromatic carbocycles. The summed E-state index contributed by atoms with van der Waals surface area (Å²) >= 11 is 0. The Balaban J connectivity index is 1.84. The van der Waals surface area contributed by atoms with Crippen LogP contribution in [0.5, 0.6) is 0 Å². The molecule has 1 fully saturated rings. The lowest BCUT2D eigenvalue weighted by molar-refractivity contribution is 0.215. The van der Waals surface area contributed by atoms with Gasteiger partial charge >= 0.3 is 0 Å². The van der Waals surface area contributed by atoms with Crippen molar-refractivity contribution in [3.05, 3.63) is 36.0 Å². The molecule has 0 saturated heterocycles. The first kappa shape index (κ1) is 14.3. The van der Waals surface area contributed by atoms with Gasteiger partial charge in [-0.3, -0.25) is 4.98 Å². The highest BCUT2D eigenvalue weighted by atomic mass is 14.9. The summed E-state index contributed by atoms with van der Waals surface area (Å²) in [7, 11) is 0. The van der Waals surface area contributed by atoms with Crippen LogP contribution in [0.4, 0.5) is 5.69 Å². The molecule has 112 valence electrons. The molecule has 1 heterocycles. The number of nitrogens with one attached hydrogen (secondary N) is 1. The monoisotopic (exact) mass is 283 g/mol. The predicted octanol–water partition coefficient (Wildman–Crippen LogP) is 3.86. The standard InChI is InChI=1S/C18H25N3/c1-14-11-17(15-7-3-4-8-16(15)21-14)20-13-18(12-19)9-5-2-6-10-18/h3-4,7-8,11H,2,5-6,9-10,12-13,19H2,1H3,(H,20,21). The van der Waals surface area contributed by atoms with Crippen LogP contribution in [0.2, 0.25) is 0 Å². The van der Waals surface area contributed by atoms with Gasteiger partial charge in [-0.25, -0.2) is 0 Å². The van der Waals surface area contributed by atoms with Gasteiger partial charge in [-0.05, 0) is 43.9 Å². The van der Waals surface area contributed by atoms with Crippen LogP contribution in [-0.2, 0) is 0 Å². The van der Waals surface area contributed by atoms with Crippen LogP contribution < -0.4 is 11.1 Å². The maximum absolute atomic E-state index is 6.09. The third kappa shape index (κ3) is 3.03. The quantitative estimate of drug-likeness (QED) is 0.895. The average molecular weight is 283 g/mol. The lowest BCUT2D eigenvalue weighted by Gasteiger charge is -2.36. The van der Waals surface area contributed by atoms with Gasteiger partial charge < -0.3 is 11.1 Å². The minimum Gasteiger partial charge on any atom is -0.384 e. The molecular weight excluding hydrogens is 258 g/mol. The number of anilines is 1. The molecule has 0 amide bonds. The van der Waals surface area contributed by atoms with Gasteiger partial charge in [-0.1, -0.05) is 37.5 Å². The second kappa shape index (κ2) is 6.02. The van der Waals surface area contributed by atoms with Crippen molar-refractivity contribution in [3.8, 4) is 0 Å². The van der Waals surface area contributed by atoms with Crippen molar-refractivity contribution in [3.63, 3.8) is 0 Å². The van der Waals surface area contributed by atoms with Crippen LogP contribution in [0.1, 0.15) is 37.8 Å². The van der Waals surface area contributed by atoms with Crippen molar-refractivity contribution in [1.29, 1.82) is 0 Å². The van der Waals surface area contributed by atoms with E-state index in [1.165, 1.54) is 43.2 Å². The zero-order valence-electron chi connectivity index (χ0n) is 12.9. The number of pyridine rings is 1. The minimum absolute atomic E-state index is 0.274. The number of nitrogens with two attached hydrogens (primary N) is 1. The molecule has 1 saturated carbocycles. The van der Waals surface area contributed by atoms with E-state index < -0.39 is 0 Å². The summed E-state index contributed by atoms with van der Waals surface area (Å²) in [5.41, 5.74) is 9.68. The van der Waals surface area contributed by atoms with Crippen molar-refractivity contribution in [2.75, 3.05) is 18.4 Å². The first-order chi connectivity index (χ1) is 10.2. The number of para-hydroxylation sites is 1. The van der Waals surface area contributed by atoms with Crippen molar-refractivity contribution < 1.29 is 0 Å². The van der Waals surface area contributed by atoms with Crippen molar-refractivity contribution in [2.45, 2.75) is 39.0 Å². The van der Waals surface area contributed by atoms with E-state index in [0.717, 1.165) is 24.3 Å². The third-order valence-electron chi connectivity index (χ3n) is 4.85. The SMILES string of the molecule is Cc1cc(NCC2(CN)CCCCC2)c2ccccc2n1. The predicted molar refractivity (Wildman–Crippen MR) is 89.5 cm³/mol. The molecule has 0 spiro atoms. The van der Waals surface area contributed by atoms with E-state index in [1.807, 2.05) is 6.07 Å². The molecular formula is C18H25N3. The van der Waals surface area contributed by atoms with Gasteiger partial charge in [-0.15, -0.1) is 0 Å². The fraction of sp³-hybridized carbons (Fsp3) is 0.500. The minimum atomic E-state index is 0.274. The molecule has 0 atom stereocenters. The first-order valence-corrected chi connectivity index (χ1v) is 8.03. The summed E-state index contributed by atoms with van der Waals surface area (Å²) in [6.07, 6.45) is 6.49. The van der Waals surface area contributed by atoms with Crippen LogP contribution >= 0.6 is 0 Å². The summed E-state index contributed by atoms with van der Waals surface area (Å²) in [6.45, 7) is 3.80. The number of nitrogens with zero attached hydrogens (tertiary/aromatic N) is 1. The van der Waals surface area contributed by atoms with Gasteiger partial charge in [0.1, 0.15) is 0 Å². The van der Waals surface area contributed by atoms with Crippen molar-refractivity contribution in [2.24, 2.45) is 11.1 Å². The summed E-state index contributed by atoms with van der Waals surface area (Å²) in [5.74, 6) is 0. The van der Waals surface area contributed by atoms with Gasteiger partial charge in [-0.2, -0.15) is 0 Å². The molecule has 21 heavy (non-hydrogen) atoms. The van der Waals surface area contributed by atoms with E-state index >= 15 is 0 Å². The molecule has 2 aromatic rings. The number of benzene rings is 1. The second-order valence-corrected chi connectivity index (χ2v) is 6.45. The smallest absolute Gasteiger partial charge is 0.0725 e. The van der Waals surface area contributed by atoms with Gasteiger partial charge in [0.15, 0.2) is 0 Å². The van der Waals surface area contributed by atoms with E-state index in [1.54, 1.807) is 0 Å². The zero-order valence-corrected chi connectivity index (χ0v) is 12.9. The highest BCUT2D eigenvalue weighted by Gasteiger charge is 2.30. The van der Waals surface area contributed by atoms with E-state index in [2.05, 4.69) is 41.5 Å². The van der Waals surface area contributed by atoms with E-state index in [0.29, 0.717) is 0 Å². The van der Waals surface area contributed by atoms with Crippen LogP contribution in [0.25, 0.3) is 10.9 Å². The Hall–Kier alpha value is -1.61. The largest absolute Gasteiger partial charge is 0.384 e. The van der Waals surface area contributed by atoms with E-state index in [9.17, 15) is 0 Å². The highest BCUT2D eigenvalue weighted by Crippen LogP contribution is 2.36. The number of aryl methyl sites for hydroxylation is 1. The average Bonchev–Trinajstić information content (AvgIpc) is 2.53. The Labute approximate surface area is 127 Å². The highest BCUT2D eigenvalue weighted by molar-refractivity contribution is 5.91. The summed E-state index contributed by atoms with van der Waals surface area (Å²) in [6, 6.07) is 10.5. The van der Waals surface area contributed by atoms with Gasteiger partial charge in [0.05, 0.1) is 5.52 Å². The number of rotatable bonds is 4. The Morgan fingerprint density at radius 2 is 1.95 bits per heavy atom. The first-order valence-electron chi connectivity index (χ1n) is 8.03. The fourth-order valence-electron chi connectivity index (χ4n) is 3.49. The Bertz CT molecular complexity index is 615. The fourth-order valence-corrected chi connectivity index (χ4v) is 3.49. The zero-order chi connectivity index (χ0) is 14.7. The van der Waals surface area contributed by atoms with E-state index in [4.69, 9.17) is 5.73 Å². The number of hydrogen-bond donors (Lipinski definition) is 2. The lowest BCUT2D eigenvalue weighted by Crippen LogP contribution is -2.39. The summed E-state index contributed by atoms with van der Waals surface area (Å²) < 4.78 is 0. The Morgan fingerprint density at radius 3 is 2.71 bits per heavy atom. The third-order valence-corrected chi connectivity index (χ3v) is 4.85. The van der Waals surface area contributed by atoms with E-state index in [-0.39, 0.29) is 5.41 Å². The van der Waals surface area contributed by atoms with Crippen LogP contribution in [0.3, 0.4) is 0 Å². The molecule has 3 rings (SSSR count). The number of fused-ring (bicyclic) bond motifs is 1. The maximum Gasteiger partial charge on any atom is 0.0725 e. The molecule has 1 aliphatic rings. The number of hydrogen-bond acceptors (Lipinski definition) is 3. The van der Waals surface area contributed by atoms with Gasteiger partial charge in [0.2, 0.25) is 0 Å². The molecule has 3 nitrogen and oxygen atoms in total. The van der Waals surface area contributed by atoms with Crippen molar-refractivity contribution >= 4 is 16.6 Å². The Morgan fingerprint density at radius 1 is 1.19 bits per heavy atom. The molecule has 0 unspecified atom stereocenters. The molecule has 0 aliphatic heterocycles. The topological polar surface area (TPSA) is 50.9 Å². The number of aromatic nitrogens is 1. The molecule has 1 aliphatic carbocycles. The van der Waals surface area contributed by atoms with Gasteiger partial charge in [0, 0.05) is 23.3 Å². The lowest BCUT2D eigenvalue weighted by atomic mass is 9.74. The molecule has 3 heteroatoms. The maximum atomic E-state index is 6.09. The molecule has 0 radical (unpaired) electrons. The van der Waals surface area contributed by atoms with Crippen molar-refractivity contribution in [1.82, 2.24) is 4.98 Å². The second-order valence-electron chi connectivity index (χ2n) is 6.45. The summed E-state index contributed by atoms with van der Waals surface area (Å²) in [5, 5.41) is 4.87. The van der Waals surface area contributed by atoms with Gasteiger partial charge in [0.25, 0.3) is 0 Å². The molecule has 0 bridgehead atoms. The van der Waals surface area contributed by atoms with Crippen LogP contribution in [0, 0.1) is 12.3 Å². The van der Waals surface area contributed by atoms with Crippen LogP contribution in [0.15, 0.2) is 30.3 Å². The molecule has 3 N–H and O–H groups in total. The molecule has 1 aromatic heterocycles. The normalized spacial score (nSPS) is 17.8. The summed E-state index contributed by atoms with van der Waals surface area (Å²) in [4.78, 5) is 4.60. The van der Waals surface area contributed by atoms with Crippen LogP contribution in [-0.4, -0.2) is 18.1 Å².